The lowest BCUT2D eigenvalue weighted by atomic mass is 10.9. The van der Waals surface area contributed by atoms with Crippen molar-refractivity contribution in [3.8, 4) is 0 Å². The second-order valence-corrected chi connectivity index (χ2v) is 40.7. The largest absolute Gasteiger partial charge is 0.500 e. The van der Waals surface area contributed by atoms with Crippen LogP contribution in [0.2, 0.25) is 97.2 Å². The van der Waals surface area contributed by atoms with E-state index in [0.717, 1.165) is 0 Å². The summed E-state index contributed by atoms with van der Waals surface area (Å²) in [4.78, 5) is 0. The normalized spacial score (nSPS) is 19.8. The molecule has 0 heterocycles. The average molecular weight is 778 g/mol. The average Bonchev–Trinajstić information content (AvgIpc) is 2.77. The lowest BCUT2D eigenvalue weighted by Gasteiger charge is -2.37. The Balaban J connectivity index is 4.83. The van der Waals surface area contributed by atoms with E-state index in [-0.39, 0.29) is 0 Å². The van der Waals surface area contributed by atoms with Crippen molar-refractivity contribution in [3.05, 3.63) is 0 Å². The van der Waals surface area contributed by atoms with Gasteiger partial charge in [-0.05, 0) is 91.2 Å². The lowest BCUT2D eigenvalue weighted by molar-refractivity contribution is 0.124. The molecule has 0 aromatic carbocycles. The summed E-state index contributed by atoms with van der Waals surface area (Å²) in [7, 11) is -16.4. The van der Waals surface area contributed by atoms with Crippen LogP contribution >= 0.6 is 0 Å². The molecule has 8 unspecified atom stereocenters. The minimum absolute atomic E-state index is 0.627. The van der Waals surface area contributed by atoms with Crippen LogP contribution in [0.25, 0.3) is 0 Å². The van der Waals surface area contributed by atoms with E-state index in [2.05, 4.69) is 45.8 Å². The van der Waals surface area contributed by atoms with Crippen molar-refractivity contribution in [1.29, 1.82) is 0 Å². The first-order valence-corrected chi connectivity index (χ1v) is 39.7. The van der Waals surface area contributed by atoms with Gasteiger partial charge in [0.2, 0.25) is 0 Å². The minimum Gasteiger partial charge on any atom is -0.442 e. The molecule has 0 rings (SSSR count). The molecular weight excluding hydrogens is 717 g/mol. The smallest absolute Gasteiger partial charge is 0.442 e. The Bertz CT molecular complexity index is 688. The Morgan fingerprint density at radius 1 is 0.439 bits per heavy atom. The summed E-state index contributed by atoms with van der Waals surface area (Å²) in [5, 5.41) is 0. The van der Waals surface area contributed by atoms with Crippen molar-refractivity contribution in [1.82, 2.24) is 0 Å². The van der Waals surface area contributed by atoms with Gasteiger partial charge in [-0.15, -0.1) is 0 Å². The highest BCUT2D eigenvalue weighted by atomic mass is 28.5. The first-order chi connectivity index (χ1) is 18.8. The molecule has 0 aliphatic carbocycles. The summed E-state index contributed by atoms with van der Waals surface area (Å²) >= 11 is 0. The Hall–Kier alpha value is 1.91. The van der Waals surface area contributed by atoms with Crippen LogP contribution in [0.4, 0.5) is 0 Å². The standard InChI is InChI=1S/C18H60O12Si11/c1-19-41(20-2,21-3)18-17-40(16,30-39(13,14)15)29-38(12)28-37(11)27-36(10)26-35(9)25-34(8)24-33(7)23-32(6)22-31(4)5/h31-38H,17-18H2,1-16H3. The van der Waals surface area contributed by atoms with E-state index in [9.17, 15) is 0 Å². The topological polar surface area (TPSA) is 111 Å². The molecule has 0 aliphatic rings. The minimum atomic E-state index is -2.74. The summed E-state index contributed by atoms with van der Waals surface area (Å²) in [6, 6.07) is 1.33. The molecule has 0 bridgehead atoms. The first kappa shape index (κ1) is 42.9. The molecule has 0 aromatic heterocycles. The third-order valence-electron chi connectivity index (χ3n) is 5.52. The lowest BCUT2D eigenvalue weighted by Crippen LogP contribution is -2.53. The number of hydrogen-bond acceptors (Lipinski definition) is 12. The van der Waals surface area contributed by atoms with E-state index in [0.29, 0.717) is 12.1 Å². The van der Waals surface area contributed by atoms with E-state index < -0.39 is 99.7 Å². The van der Waals surface area contributed by atoms with E-state index >= 15 is 0 Å². The van der Waals surface area contributed by atoms with Gasteiger partial charge in [0.1, 0.15) is 0 Å². The van der Waals surface area contributed by atoms with Gasteiger partial charge in [-0.2, -0.15) is 0 Å². The van der Waals surface area contributed by atoms with Crippen molar-refractivity contribution in [3.63, 3.8) is 0 Å². The molecule has 23 heteroatoms. The van der Waals surface area contributed by atoms with Crippen LogP contribution in [0.1, 0.15) is 0 Å². The SMILES string of the molecule is CO[Si](CC[Si](C)(O[SiH](C)O[SiH](C)O[SiH](C)O[SiH](C)O[SiH](C)O[SiH](C)O[SiH](C)O[SiH](C)C)O[Si](C)(C)C)(OC)OC. The highest BCUT2D eigenvalue weighted by molar-refractivity contribution is 6.85. The maximum absolute atomic E-state index is 6.64. The van der Waals surface area contributed by atoms with Crippen LogP contribution in [0.3, 0.4) is 0 Å². The molecule has 0 N–H and O–H groups in total. The van der Waals surface area contributed by atoms with Crippen LogP contribution in [-0.2, 0) is 50.3 Å². The molecule has 8 atom stereocenters. The van der Waals surface area contributed by atoms with Crippen LogP contribution in [0.15, 0.2) is 0 Å². The van der Waals surface area contributed by atoms with Crippen molar-refractivity contribution >= 4 is 99.7 Å². The summed E-state index contributed by atoms with van der Waals surface area (Å²) in [6.07, 6.45) is 0. The molecule has 0 fully saturated rings. The fourth-order valence-electron chi connectivity index (χ4n) is 4.29. The predicted octanol–water partition coefficient (Wildman–Crippen LogP) is 1.86. The van der Waals surface area contributed by atoms with E-state index in [1.165, 1.54) is 0 Å². The molecule has 0 aromatic rings. The molecule has 248 valence electrons. The summed E-state index contributed by atoms with van der Waals surface area (Å²) < 4.78 is 73.2. The zero-order valence-electron chi connectivity index (χ0n) is 28.4. The summed E-state index contributed by atoms with van der Waals surface area (Å²) in [5.41, 5.74) is 0. The maximum atomic E-state index is 6.64. The highest BCUT2D eigenvalue weighted by Gasteiger charge is 2.45. The fraction of sp³-hybridized carbons (Fsp3) is 1.00. The maximum Gasteiger partial charge on any atom is 0.500 e. The summed E-state index contributed by atoms with van der Waals surface area (Å²) in [5.74, 6) is 0. The van der Waals surface area contributed by atoms with Crippen LogP contribution in [0.5, 0.6) is 0 Å². The Morgan fingerprint density at radius 2 is 0.756 bits per heavy atom. The first-order valence-electron chi connectivity index (χ1n) is 14.4. The molecule has 41 heavy (non-hydrogen) atoms. The van der Waals surface area contributed by atoms with Gasteiger partial charge < -0.3 is 50.3 Å². The van der Waals surface area contributed by atoms with Gasteiger partial charge in [0.15, 0.2) is 17.4 Å². The zero-order valence-corrected chi connectivity index (χ0v) is 40.7. The monoisotopic (exact) mass is 776 g/mol. The van der Waals surface area contributed by atoms with Gasteiger partial charge in [-0.3, -0.25) is 0 Å². The van der Waals surface area contributed by atoms with Crippen LogP contribution < -0.4 is 0 Å². The summed E-state index contributed by atoms with van der Waals surface area (Å²) in [6.45, 7) is 27.2. The van der Waals surface area contributed by atoms with Gasteiger partial charge in [0.05, 0.1) is 0 Å². The van der Waals surface area contributed by atoms with E-state index in [1.807, 2.05) is 39.3 Å². The Morgan fingerprint density at radius 3 is 1.05 bits per heavy atom. The predicted molar refractivity (Wildman–Crippen MR) is 191 cm³/mol. The van der Waals surface area contributed by atoms with Gasteiger partial charge in [0, 0.05) is 27.4 Å². The molecule has 0 spiro atoms. The fourth-order valence-corrected chi connectivity index (χ4v) is 39.7. The zero-order chi connectivity index (χ0) is 32.0. The molecule has 0 aliphatic heterocycles. The van der Waals surface area contributed by atoms with Crippen molar-refractivity contribution in [2.24, 2.45) is 0 Å². The number of rotatable bonds is 24. The molecule has 0 amide bonds. The Labute approximate surface area is 267 Å². The van der Waals surface area contributed by atoms with Gasteiger partial charge in [0.25, 0.3) is 65.0 Å². The molecule has 0 saturated carbocycles. The van der Waals surface area contributed by atoms with Gasteiger partial charge in [-0.25, -0.2) is 0 Å². The third kappa shape index (κ3) is 20.6. The van der Waals surface area contributed by atoms with Crippen molar-refractivity contribution in [2.75, 3.05) is 21.3 Å². The highest BCUT2D eigenvalue weighted by Crippen LogP contribution is 2.27. The molecule has 0 saturated heterocycles. The quantitative estimate of drug-likeness (QED) is 0.134. The van der Waals surface area contributed by atoms with Crippen LogP contribution in [0, 0.1) is 0 Å². The second-order valence-electron chi connectivity index (χ2n) is 11.2. The molecule has 12 nitrogen and oxygen atoms in total. The van der Waals surface area contributed by atoms with Gasteiger partial charge >= 0.3 is 17.4 Å². The second kappa shape index (κ2) is 20.9. The van der Waals surface area contributed by atoms with Gasteiger partial charge in [-0.1, -0.05) is 0 Å². The number of hydrogen-bond donors (Lipinski definition) is 0. The van der Waals surface area contributed by atoms with Crippen molar-refractivity contribution < 1.29 is 50.3 Å². The van der Waals surface area contributed by atoms with Crippen molar-refractivity contribution in [2.45, 2.75) is 97.2 Å². The Kier molecular flexibility index (Phi) is 21.9. The third-order valence-corrected chi connectivity index (χ3v) is 39.5. The van der Waals surface area contributed by atoms with Crippen LogP contribution in [-0.4, -0.2) is 121 Å². The van der Waals surface area contributed by atoms with E-state index in [4.69, 9.17) is 50.3 Å². The van der Waals surface area contributed by atoms with E-state index in [1.54, 1.807) is 21.3 Å². The molecule has 0 radical (unpaired) electrons. The molecular formula is C18H60O12Si11.